The number of aliphatic hydroxyl groups excluding tert-OH is 1. The molecule has 0 unspecified atom stereocenters. The van der Waals surface area contributed by atoms with Crippen molar-refractivity contribution in [3.63, 3.8) is 0 Å². The zero-order valence-corrected chi connectivity index (χ0v) is 11.3. The number of rotatable bonds is 3. The van der Waals surface area contributed by atoms with Crippen molar-refractivity contribution in [3.8, 4) is 11.5 Å². The first-order valence-corrected chi connectivity index (χ1v) is 6.27. The predicted octanol–water partition coefficient (Wildman–Crippen LogP) is 4.43. The molecule has 1 atom stereocenters. The lowest BCUT2D eigenvalue weighted by Gasteiger charge is -2.11. The first kappa shape index (κ1) is 13.1. The van der Waals surface area contributed by atoms with Crippen LogP contribution >= 0.6 is 15.9 Å². The Balaban J connectivity index is 2.26. The minimum Gasteiger partial charge on any atom is -0.454 e. The molecule has 0 saturated heterocycles. The highest BCUT2D eigenvalue weighted by molar-refractivity contribution is 9.10. The standard InChI is InChI=1S/C14H12BrFO2/c1-9(17)11-7-6-10(8-12(11)15)18-14-5-3-2-4-13(14)16/h2-9,17H,1H3/t9-/m1/s1. The molecule has 94 valence electrons. The van der Waals surface area contributed by atoms with Crippen molar-refractivity contribution >= 4 is 15.9 Å². The second kappa shape index (κ2) is 5.50. The third-order valence-corrected chi connectivity index (χ3v) is 3.17. The van der Waals surface area contributed by atoms with Crippen LogP contribution in [0.25, 0.3) is 0 Å². The van der Waals surface area contributed by atoms with Crippen molar-refractivity contribution in [2.24, 2.45) is 0 Å². The zero-order valence-electron chi connectivity index (χ0n) is 9.73. The summed E-state index contributed by atoms with van der Waals surface area (Å²) in [6.45, 7) is 1.68. The summed E-state index contributed by atoms with van der Waals surface area (Å²) < 4.78 is 19.6. The normalized spacial score (nSPS) is 12.2. The molecule has 0 heterocycles. The maximum atomic E-state index is 13.4. The van der Waals surface area contributed by atoms with E-state index in [2.05, 4.69) is 15.9 Å². The first-order valence-electron chi connectivity index (χ1n) is 5.48. The molecule has 2 aromatic rings. The van der Waals surface area contributed by atoms with Crippen molar-refractivity contribution < 1.29 is 14.2 Å². The molecule has 0 aliphatic carbocycles. The zero-order chi connectivity index (χ0) is 13.1. The van der Waals surface area contributed by atoms with Crippen molar-refractivity contribution in [2.75, 3.05) is 0 Å². The highest BCUT2D eigenvalue weighted by Gasteiger charge is 2.09. The molecule has 4 heteroatoms. The number of aliphatic hydroxyl groups is 1. The van der Waals surface area contributed by atoms with Crippen LogP contribution in [0.2, 0.25) is 0 Å². The average Bonchev–Trinajstić information content (AvgIpc) is 2.32. The molecule has 0 saturated carbocycles. The molecule has 0 bridgehead atoms. The summed E-state index contributed by atoms with van der Waals surface area (Å²) in [5.74, 6) is 0.277. The molecule has 0 radical (unpaired) electrons. The average molecular weight is 311 g/mol. The van der Waals surface area contributed by atoms with E-state index in [-0.39, 0.29) is 5.75 Å². The third-order valence-electron chi connectivity index (χ3n) is 2.49. The second-order valence-corrected chi connectivity index (χ2v) is 4.75. The summed E-state index contributed by atoms with van der Waals surface area (Å²) in [7, 11) is 0. The Morgan fingerprint density at radius 2 is 1.94 bits per heavy atom. The lowest BCUT2D eigenvalue weighted by Crippen LogP contribution is -1.94. The molecule has 0 aromatic heterocycles. The van der Waals surface area contributed by atoms with Crippen LogP contribution in [0.3, 0.4) is 0 Å². The van der Waals surface area contributed by atoms with Gasteiger partial charge in [-0.2, -0.15) is 0 Å². The van der Waals surface area contributed by atoms with Gasteiger partial charge in [-0.3, -0.25) is 0 Å². The van der Waals surface area contributed by atoms with Crippen LogP contribution in [0.4, 0.5) is 4.39 Å². The molecule has 2 aromatic carbocycles. The molecule has 0 aliphatic heterocycles. The van der Waals surface area contributed by atoms with Crippen LogP contribution in [0.1, 0.15) is 18.6 Å². The molecule has 0 aliphatic rings. The third kappa shape index (κ3) is 2.89. The summed E-state index contributed by atoms with van der Waals surface area (Å²) in [5, 5.41) is 9.50. The Bertz CT molecular complexity index is 555. The fraction of sp³-hybridized carbons (Fsp3) is 0.143. The van der Waals surface area contributed by atoms with Crippen molar-refractivity contribution in [1.82, 2.24) is 0 Å². The smallest absolute Gasteiger partial charge is 0.165 e. The van der Waals surface area contributed by atoms with E-state index in [0.29, 0.717) is 5.75 Å². The van der Waals surface area contributed by atoms with E-state index in [1.807, 2.05) is 0 Å². The SMILES string of the molecule is C[C@@H](O)c1ccc(Oc2ccccc2F)cc1Br. The minimum absolute atomic E-state index is 0.175. The Morgan fingerprint density at radius 1 is 1.22 bits per heavy atom. The van der Waals surface area contributed by atoms with E-state index < -0.39 is 11.9 Å². The summed E-state index contributed by atoms with van der Waals surface area (Å²) in [6, 6.07) is 11.4. The summed E-state index contributed by atoms with van der Waals surface area (Å²) in [6.07, 6.45) is -0.568. The topological polar surface area (TPSA) is 29.5 Å². The summed E-state index contributed by atoms with van der Waals surface area (Å²) >= 11 is 3.35. The van der Waals surface area contributed by atoms with E-state index in [0.717, 1.165) is 10.0 Å². The second-order valence-electron chi connectivity index (χ2n) is 3.89. The van der Waals surface area contributed by atoms with Crippen LogP contribution in [-0.4, -0.2) is 5.11 Å². The minimum atomic E-state index is -0.568. The van der Waals surface area contributed by atoms with E-state index in [1.165, 1.54) is 6.07 Å². The molecule has 2 rings (SSSR count). The summed E-state index contributed by atoms with van der Waals surface area (Å²) in [5.41, 5.74) is 0.760. The van der Waals surface area contributed by atoms with Gasteiger partial charge in [0.05, 0.1) is 6.10 Å². The van der Waals surface area contributed by atoms with Crippen LogP contribution in [0, 0.1) is 5.82 Å². The fourth-order valence-corrected chi connectivity index (χ4v) is 2.25. The number of halogens is 2. The molecule has 1 N–H and O–H groups in total. The number of para-hydroxylation sites is 1. The van der Waals surface area contributed by atoms with Gasteiger partial charge in [0.1, 0.15) is 5.75 Å². The molecule has 0 amide bonds. The Kier molecular flexibility index (Phi) is 3.99. The Labute approximate surface area is 113 Å². The van der Waals surface area contributed by atoms with Crippen molar-refractivity contribution in [2.45, 2.75) is 13.0 Å². The molecule has 0 fully saturated rings. The molecule has 2 nitrogen and oxygen atoms in total. The van der Waals surface area contributed by atoms with Gasteiger partial charge in [0.2, 0.25) is 0 Å². The largest absolute Gasteiger partial charge is 0.454 e. The lowest BCUT2D eigenvalue weighted by molar-refractivity contribution is 0.198. The van der Waals surface area contributed by atoms with Gasteiger partial charge in [0, 0.05) is 4.47 Å². The fourth-order valence-electron chi connectivity index (χ4n) is 1.56. The Hall–Kier alpha value is -1.39. The number of ether oxygens (including phenoxy) is 1. The highest BCUT2D eigenvalue weighted by Crippen LogP contribution is 2.30. The van der Waals surface area contributed by atoms with Crippen LogP contribution < -0.4 is 4.74 Å². The van der Waals surface area contributed by atoms with Crippen LogP contribution in [0.15, 0.2) is 46.9 Å². The number of hydrogen-bond donors (Lipinski definition) is 1. The van der Waals surface area contributed by atoms with Crippen LogP contribution in [0.5, 0.6) is 11.5 Å². The van der Waals surface area contributed by atoms with Gasteiger partial charge in [0.15, 0.2) is 11.6 Å². The van der Waals surface area contributed by atoms with Gasteiger partial charge in [-0.25, -0.2) is 4.39 Å². The van der Waals surface area contributed by atoms with Gasteiger partial charge in [-0.05, 0) is 36.8 Å². The van der Waals surface area contributed by atoms with E-state index >= 15 is 0 Å². The lowest BCUT2D eigenvalue weighted by atomic mass is 10.1. The number of hydrogen-bond acceptors (Lipinski definition) is 2. The van der Waals surface area contributed by atoms with Crippen LogP contribution in [-0.2, 0) is 0 Å². The number of benzene rings is 2. The Morgan fingerprint density at radius 3 is 2.56 bits per heavy atom. The molecular formula is C14H12BrFO2. The van der Waals surface area contributed by atoms with E-state index in [4.69, 9.17) is 4.74 Å². The van der Waals surface area contributed by atoms with Gasteiger partial charge in [0.25, 0.3) is 0 Å². The molecular weight excluding hydrogens is 299 g/mol. The quantitative estimate of drug-likeness (QED) is 0.908. The highest BCUT2D eigenvalue weighted by atomic mass is 79.9. The van der Waals surface area contributed by atoms with Gasteiger partial charge in [-0.1, -0.05) is 34.1 Å². The monoisotopic (exact) mass is 310 g/mol. The predicted molar refractivity (Wildman–Crippen MR) is 71.2 cm³/mol. The van der Waals surface area contributed by atoms with Gasteiger partial charge >= 0.3 is 0 Å². The van der Waals surface area contributed by atoms with E-state index in [1.54, 1.807) is 43.3 Å². The molecule has 0 spiro atoms. The molecule has 18 heavy (non-hydrogen) atoms. The maximum absolute atomic E-state index is 13.4. The van der Waals surface area contributed by atoms with Crippen molar-refractivity contribution in [1.29, 1.82) is 0 Å². The van der Waals surface area contributed by atoms with Gasteiger partial charge in [-0.15, -0.1) is 0 Å². The van der Waals surface area contributed by atoms with Gasteiger partial charge < -0.3 is 9.84 Å². The summed E-state index contributed by atoms with van der Waals surface area (Å²) in [4.78, 5) is 0. The maximum Gasteiger partial charge on any atom is 0.165 e. The van der Waals surface area contributed by atoms with Crippen molar-refractivity contribution in [3.05, 3.63) is 58.3 Å². The first-order chi connectivity index (χ1) is 8.58. The van der Waals surface area contributed by atoms with E-state index in [9.17, 15) is 9.50 Å².